The summed E-state index contributed by atoms with van der Waals surface area (Å²) in [5.41, 5.74) is 1.22. The highest BCUT2D eigenvalue weighted by Crippen LogP contribution is 2.27. The van der Waals surface area contributed by atoms with Crippen LogP contribution in [0.5, 0.6) is 0 Å². The molecule has 0 unspecified atom stereocenters. The second-order valence-electron chi connectivity index (χ2n) is 3.51. The van der Waals surface area contributed by atoms with Gasteiger partial charge in [-0.05, 0) is 47.7 Å². The van der Waals surface area contributed by atoms with Gasteiger partial charge >= 0.3 is 5.97 Å². The Balaban J connectivity index is 2.13. The van der Waals surface area contributed by atoms with Gasteiger partial charge in [-0.3, -0.25) is 0 Å². The molecule has 0 aliphatic carbocycles. The van der Waals surface area contributed by atoms with Crippen molar-refractivity contribution in [3.63, 3.8) is 0 Å². The van der Waals surface area contributed by atoms with E-state index in [1.54, 1.807) is 18.4 Å². The quantitative estimate of drug-likeness (QED) is 0.605. The molecule has 0 saturated heterocycles. The summed E-state index contributed by atoms with van der Waals surface area (Å²) in [5.74, 6) is -0.405. The van der Waals surface area contributed by atoms with Crippen LogP contribution in [-0.4, -0.2) is 17.6 Å². The summed E-state index contributed by atoms with van der Waals surface area (Å²) in [5, 5.41) is 6.14. The number of esters is 1. The first-order chi connectivity index (χ1) is 9.10. The number of thiazole rings is 1. The summed E-state index contributed by atoms with van der Waals surface area (Å²) >= 11 is 9.43. The molecule has 0 fully saturated rings. The molecule has 1 aromatic heterocycles. The Hall–Kier alpha value is -0.860. The van der Waals surface area contributed by atoms with E-state index >= 15 is 0 Å². The smallest absolute Gasteiger partial charge is 0.357 e. The van der Waals surface area contributed by atoms with Gasteiger partial charge in [0.05, 0.1) is 12.3 Å². The van der Waals surface area contributed by atoms with Crippen molar-refractivity contribution in [2.75, 3.05) is 11.9 Å². The summed E-state index contributed by atoms with van der Waals surface area (Å²) in [6, 6.07) is 5.52. The Kier molecular flexibility index (Phi) is 5.00. The fourth-order valence-electron chi connectivity index (χ4n) is 1.34. The number of nitrogens with one attached hydrogen (secondary N) is 1. The van der Waals surface area contributed by atoms with Crippen LogP contribution in [0, 0.1) is 3.57 Å². The second kappa shape index (κ2) is 6.53. The van der Waals surface area contributed by atoms with Gasteiger partial charge in [-0.15, -0.1) is 11.3 Å². The molecule has 100 valence electrons. The van der Waals surface area contributed by atoms with E-state index in [0.29, 0.717) is 22.5 Å². The summed E-state index contributed by atoms with van der Waals surface area (Å²) in [4.78, 5) is 15.7. The number of hydrogen-bond acceptors (Lipinski definition) is 5. The largest absolute Gasteiger partial charge is 0.461 e. The van der Waals surface area contributed by atoms with Gasteiger partial charge in [0.15, 0.2) is 10.8 Å². The molecule has 1 N–H and O–H groups in total. The molecule has 1 heterocycles. The van der Waals surface area contributed by atoms with Crippen molar-refractivity contribution in [1.82, 2.24) is 4.98 Å². The minimum absolute atomic E-state index is 0.318. The molecular formula is C12H10ClIN2O2S. The predicted molar refractivity (Wildman–Crippen MR) is 85.5 cm³/mol. The van der Waals surface area contributed by atoms with E-state index in [1.165, 1.54) is 11.3 Å². The zero-order valence-corrected chi connectivity index (χ0v) is 13.7. The lowest BCUT2D eigenvalue weighted by molar-refractivity contribution is 0.0520. The van der Waals surface area contributed by atoms with E-state index in [2.05, 4.69) is 32.9 Å². The van der Waals surface area contributed by atoms with Gasteiger partial charge in [-0.1, -0.05) is 11.6 Å². The Morgan fingerprint density at radius 2 is 2.37 bits per heavy atom. The van der Waals surface area contributed by atoms with Crippen LogP contribution in [0.15, 0.2) is 23.6 Å². The zero-order chi connectivity index (χ0) is 13.8. The Labute approximate surface area is 133 Å². The van der Waals surface area contributed by atoms with Gasteiger partial charge in [-0.2, -0.15) is 0 Å². The summed E-state index contributed by atoms with van der Waals surface area (Å²) in [6.45, 7) is 2.10. The van der Waals surface area contributed by atoms with Gasteiger partial charge in [0.25, 0.3) is 0 Å². The van der Waals surface area contributed by atoms with Crippen molar-refractivity contribution in [1.29, 1.82) is 0 Å². The van der Waals surface area contributed by atoms with E-state index in [0.717, 1.165) is 9.26 Å². The molecule has 0 atom stereocenters. The van der Waals surface area contributed by atoms with Gasteiger partial charge in [-0.25, -0.2) is 9.78 Å². The SMILES string of the molecule is CCOC(=O)c1csc(Nc2ccc(Cl)cc2I)n1. The minimum atomic E-state index is -0.405. The maximum atomic E-state index is 11.5. The van der Waals surface area contributed by atoms with Crippen molar-refractivity contribution in [3.8, 4) is 0 Å². The maximum Gasteiger partial charge on any atom is 0.357 e. The van der Waals surface area contributed by atoms with E-state index < -0.39 is 5.97 Å². The molecule has 0 bridgehead atoms. The molecule has 0 amide bonds. The molecule has 4 nitrogen and oxygen atoms in total. The molecule has 0 saturated carbocycles. The van der Waals surface area contributed by atoms with Crippen LogP contribution in [0.4, 0.5) is 10.8 Å². The molecule has 0 radical (unpaired) electrons. The third kappa shape index (κ3) is 3.80. The van der Waals surface area contributed by atoms with Crippen LogP contribution in [0.2, 0.25) is 5.02 Å². The molecular weight excluding hydrogens is 399 g/mol. The van der Waals surface area contributed by atoms with Crippen molar-refractivity contribution in [2.45, 2.75) is 6.92 Å². The standard InChI is InChI=1S/C12H10ClIN2O2S/c1-2-18-11(17)10-6-19-12(16-10)15-9-4-3-7(13)5-8(9)14/h3-6H,2H2,1H3,(H,15,16). The number of nitrogens with zero attached hydrogens (tertiary/aromatic N) is 1. The minimum Gasteiger partial charge on any atom is -0.461 e. The highest BCUT2D eigenvalue weighted by molar-refractivity contribution is 14.1. The third-order valence-corrected chi connectivity index (χ3v) is 4.05. The molecule has 7 heteroatoms. The number of ether oxygens (including phenoxy) is 1. The Morgan fingerprint density at radius 1 is 1.58 bits per heavy atom. The number of anilines is 2. The lowest BCUT2D eigenvalue weighted by Crippen LogP contribution is -2.05. The van der Waals surface area contributed by atoms with Crippen LogP contribution in [0.3, 0.4) is 0 Å². The first-order valence-corrected chi connectivity index (χ1v) is 7.78. The lowest BCUT2D eigenvalue weighted by atomic mass is 10.3. The van der Waals surface area contributed by atoms with Crippen molar-refractivity contribution < 1.29 is 9.53 Å². The van der Waals surface area contributed by atoms with Gasteiger partial charge in [0.1, 0.15) is 0 Å². The second-order valence-corrected chi connectivity index (χ2v) is 5.96. The molecule has 1 aromatic carbocycles. The number of benzene rings is 1. The topological polar surface area (TPSA) is 51.2 Å². The molecule has 2 rings (SSSR count). The number of carbonyl (C=O) groups is 1. The van der Waals surface area contributed by atoms with Crippen molar-refractivity contribution in [2.24, 2.45) is 0 Å². The highest BCUT2D eigenvalue weighted by Gasteiger charge is 2.12. The fourth-order valence-corrected chi connectivity index (χ4v) is 3.03. The average molecular weight is 409 g/mol. The lowest BCUT2D eigenvalue weighted by Gasteiger charge is -2.05. The molecule has 19 heavy (non-hydrogen) atoms. The average Bonchev–Trinajstić information content (AvgIpc) is 2.82. The maximum absolute atomic E-state index is 11.5. The molecule has 2 aromatic rings. The van der Waals surface area contributed by atoms with E-state index in [9.17, 15) is 4.79 Å². The van der Waals surface area contributed by atoms with Crippen LogP contribution < -0.4 is 5.32 Å². The number of halogens is 2. The molecule has 0 aliphatic rings. The summed E-state index contributed by atoms with van der Waals surface area (Å²) in [6.07, 6.45) is 0. The van der Waals surface area contributed by atoms with Crippen LogP contribution in [-0.2, 0) is 4.74 Å². The number of aromatic nitrogens is 1. The molecule has 0 spiro atoms. The number of hydrogen-bond donors (Lipinski definition) is 1. The number of carbonyl (C=O) groups excluding carboxylic acids is 1. The first-order valence-electron chi connectivity index (χ1n) is 5.45. The van der Waals surface area contributed by atoms with Crippen molar-refractivity contribution >= 4 is 62.3 Å². The first kappa shape index (κ1) is 14.5. The normalized spacial score (nSPS) is 10.3. The van der Waals surface area contributed by atoms with E-state index in [1.807, 2.05) is 12.1 Å². The predicted octanol–water partition coefficient (Wildman–Crippen LogP) is 4.32. The number of rotatable bonds is 4. The van der Waals surface area contributed by atoms with Crippen LogP contribution in [0.1, 0.15) is 17.4 Å². The zero-order valence-electron chi connectivity index (χ0n) is 9.94. The summed E-state index contributed by atoms with van der Waals surface area (Å²) < 4.78 is 5.87. The van der Waals surface area contributed by atoms with E-state index in [4.69, 9.17) is 16.3 Å². The summed E-state index contributed by atoms with van der Waals surface area (Å²) in [7, 11) is 0. The Morgan fingerprint density at radius 3 is 3.05 bits per heavy atom. The van der Waals surface area contributed by atoms with Gasteiger partial charge in [0, 0.05) is 14.0 Å². The highest BCUT2D eigenvalue weighted by atomic mass is 127. The Bertz CT molecular complexity index is 603. The third-order valence-electron chi connectivity index (χ3n) is 2.16. The monoisotopic (exact) mass is 408 g/mol. The van der Waals surface area contributed by atoms with Crippen molar-refractivity contribution in [3.05, 3.63) is 37.9 Å². The van der Waals surface area contributed by atoms with Crippen LogP contribution in [0.25, 0.3) is 0 Å². The van der Waals surface area contributed by atoms with Gasteiger partial charge < -0.3 is 10.1 Å². The van der Waals surface area contributed by atoms with E-state index in [-0.39, 0.29) is 0 Å². The molecule has 0 aliphatic heterocycles. The fraction of sp³-hybridized carbons (Fsp3) is 0.167. The van der Waals surface area contributed by atoms with Gasteiger partial charge in [0.2, 0.25) is 0 Å². The van der Waals surface area contributed by atoms with Crippen LogP contribution >= 0.6 is 45.5 Å².